The van der Waals surface area contributed by atoms with Crippen molar-refractivity contribution in [2.45, 2.75) is 44.5 Å². The lowest BCUT2D eigenvalue weighted by molar-refractivity contribution is -0.185. The third-order valence-corrected chi connectivity index (χ3v) is 3.23. The standard InChI is InChI=1S/C13H16F3NO3/c1-8(20-7-13(14,15)16)12(18)17-10-3-2-4-11-9(10)5-6-19-11/h5-6,8,10H,2-4,7H2,1H3,(H,17,18)/t8-,10+/m0/s1. The average Bonchev–Trinajstić information content (AvgIpc) is 2.84. The van der Waals surface area contributed by atoms with Crippen LogP contribution in [0.25, 0.3) is 0 Å². The first-order chi connectivity index (χ1) is 9.37. The molecular formula is C13H16F3NO3. The van der Waals surface area contributed by atoms with Gasteiger partial charge in [0.1, 0.15) is 18.5 Å². The van der Waals surface area contributed by atoms with Gasteiger partial charge in [-0.25, -0.2) is 0 Å². The first kappa shape index (κ1) is 14.9. The smallest absolute Gasteiger partial charge is 0.411 e. The van der Waals surface area contributed by atoms with Crippen molar-refractivity contribution in [2.75, 3.05) is 6.61 Å². The van der Waals surface area contributed by atoms with Crippen molar-refractivity contribution in [3.63, 3.8) is 0 Å². The summed E-state index contributed by atoms with van der Waals surface area (Å²) in [6.45, 7) is -0.122. The highest BCUT2D eigenvalue weighted by Crippen LogP contribution is 2.30. The maximum Gasteiger partial charge on any atom is 0.411 e. The molecular weight excluding hydrogens is 275 g/mol. The van der Waals surface area contributed by atoms with E-state index in [-0.39, 0.29) is 6.04 Å². The second-order valence-corrected chi connectivity index (χ2v) is 4.82. The fourth-order valence-corrected chi connectivity index (χ4v) is 2.22. The summed E-state index contributed by atoms with van der Waals surface area (Å²) in [5.74, 6) is 0.277. The third kappa shape index (κ3) is 3.75. The van der Waals surface area contributed by atoms with Crippen LogP contribution in [0.1, 0.15) is 37.1 Å². The number of amides is 1. The third-order valence-electron chi connectivity index (χ3n) is 3.23. The second kappa shape index (κ2) is 5.87. The maximum atomic E-state index is 12.0. The topological polar surface area (TPSA) is 51.5 Å². The highest BCUT2D eigenvalue weighted by atomic mass is 19.4. The number of carbonyl (C=O) groups excluding carboxylic acids is 1. The molecule has 0 saturated carbocycles. The number of nitrogens with one attached hydrogen (secondary N) is 1. The van der Waals surface area contributed by atoms with Gasteiger partial charge < -0.3 is 14.5 Å². The van der Waals surface area contributed by atoms with E-state index in [1.54, 1.807) is 12.3 Å². The minimum Gasteiger partial charge on any atom is -0.469 e. The number of rotatable bonds is 4. The van der Waals surface area contributed by atoms with Gasteiger partial charge >= 0.3 is 6.18 Å². The molecule has 0 radical (unpaired) electrons. The summed E-state index contributed by atoms with van der Waals surface area (Å²) in [6, 6.07) is 1.56. The number of alkyl halides is 3. The van der Waals surface area contributed by atoms with Crippen LogP contribution in [-0.4, -0.2) is 24.8 Å². The van der Waals surface area contributed by atoms with Crippen LogP contribution in [0.2, 0.25) is 0 Å². The fourth-order valence-electron chi connectivity index (χ4n) is 2.22. The van der Waals surface area contributed by atoms with E-state index in [1.807, 2.05) is 0 Å². The molecule has 7 heteroatoms. The van der Waals surface area contributed by atoms with Gasteiger partial charge in [0.15, 0.2) is 0 Å². The Kier molecular flexibility index (Phi) is 4.37. The lowest BCUT2D eigenvalue weighted by Gasteiger charge is -2.24. The molecule has 2 rings (SSSR count). The van der Waals surface area contributed by atoms with Crippen LogP contribution >= 0.6 is 0 Å². The zero-order chi connectivity index (χ0) is 14.8. The molecule has 0 unspecified atom stereocenters. The lowest BCUT2D eigenvalue weighted by Crippen LogP contribution is -2.39. The van der Waals surface area contributed by atoms with Gasteiger partial charge in [-0.15, -0.1) is 0 Å². The molecule has 112 valence electrons. The van der Waals surface area contributed by atoms with Crippen molar-refractivity contribution in [3.8, 4) is 0 Å². The van der Waals surface area contributed by atoms with Crippen LogP contribution in [0.5, 0.6) is 0 Å². The molecule has 1 N–H and O–H groups in total. The zero-order valence-corrected chi connectivity index (χ0v) is 11.0. The highest BCUT2D eigenvalue weighted by Gasteiger charge is 2.31. The van der Waals surface area contributed by atoms with Crippen LogP contribution < -0.4 is 5.32 Å². The Bertz CT molecular complexity index is 470. The molecule has 0 aliphatic heterocycles. The number of aryl methyl sites for hydroxylation is 1. The molecule has 0 spiro atoms. The number of halogens is 3. The van der Waals surface area contributed by atoms with E-state index in [0.29, 0.717) is 0 Å². The summed E-state index contributed by atoms with van der Waals surface area (Å²) in [5.41, 5.74) is 0.896. The minimum atomic E-state index is -4.43. The van der Waals surface area contributed by atoms with E-state index in [0.717, 1.165) is 30.6 Å². The van der Waals surface area contributed by atoms with E-state index in [4.69, 9.17) is 4.42 Å². The number of hydrogen-bond donors (Lipinski definition) is 1. The first-order valence-electron chi connectivity index (χ1n) is 6.42. The molecule has 1 aliphatic rings. The predicted molar refractivity (Wildman–Crippen MR) is 64.0 cm³/mol. The normalized spacial score (nSPS) is 20.3. The fraction of sp³-hybridized carbons (Fsp3) is 0.615. The average molecular weight is 291 g/mol. The van der Waals surface area contributed by atoms with Gasteiger partial charge in [0, 0.05) is 12.0 Å². The van der Waals surface area contributed by atoms with Crippen molar-refractivity contribution in [1.29, 1.82) is 0 Å². The predicted octanol–water partition coefficient (Wildman–Crippen LogP) is 2.74. The minimum absolute atomic E-state index is 0.220. The lowest BCUT2D eigenvalue weighted by atomic mass is 9.93. The van der Waals surface area contributed by atoms with Crippen molar-refractivity contribution in [3.05, 3.63) is 23.7 Å². The summed E-state index contributed by atoms with van der Waals surface area (Å²) >= 11 is 0. The number of carbonyl (C=O) groups is 1. The van der Waals surface area contributed by atoms with Gasteiger partial charge in [-0.1, -0.05) is 0 Å². The Hall–Kier alpha value is -1.50. The first-order valence-corrected chi connectivity index (χ1v) is 6.42. The number of fused-ring (bicyclic) bond motifs is 1. The summed E-state index contributed by atoms with van der Waals surface area (Å²) < 4.78 is 45.9. The summed E-state index contributed by atoms with van der Waals surface area (Å²) in [4.78, 5) is 11.8. The highest BCUT2D eigenvalue weighted by molar-refractivity contribution is 5.80. The van der Waals surface area contributed by atoms with E-state index in [9.17, 15) is 18.0 Å². The van der Waals surface area contributed by atoms with E-state index >= 15 is 0 Å². The number of hydrogen-bond acceptors (Lipinski definition) is 3. The van der Waals surface area contributed by atoms with E-state index < -0.39 is 24.8 Å². The van der Waals surface area contributed by atoms with Gasteiger partial charge in [-0.2, -0.15) is 13.2 Å². The molecule has 1 amide bonds. The SMILES string of the molecule is C[C@H](OCC(F)(F)F)C(=O)N[C@@H]1CCCc2occc21. The molecule has 0 fully saturated rings. The van der Waals surface area contributed by atoms with Crippen molar-refractivity contribution < 1.29 is 27.1 Å². The van der Waals surface area contributed by atoms with Crippen LogP contribution in [0.4, 0.5) is 13.2 Å². The van der Waals surface area contributed by atoms with Gasteiger partial charge in [0.05, 0.1) is 12.3 Å². The number of ether oxygens (including phenoxy) is 1. The quantitative estimate of drug-likeness (QED) is 0.928. The molecule has 0 aromatic carbocycles. The number of furan rings is 1. The Morgan fingerprint density at radius 2 is 2.35 bits per heavy atom. The Morgan fingerprint density at radius 3 is 3.05 bits per heavy atom. The molecule has 20 heavy (non-hydrogen) atoms. The van der Waals surface area contributed by atoms with Gasteiger partial charge in [-0.05, 0) is 25.8 Å². The van der Waals surface area contributed by atoms with Gasteiger partial charge in [0.2, 0.25) is 5.91 Å². The van der Waals surface area contributed by atoms with Crippen LogP contribution in [-0.2, 0) is 16.0 Å². The molecule has 0 bridgehead atoms. The van der Waals surface area contributed by atoms with Crippen molar-refractivity contribution in [1.82, 2.24) is 5.32 Å². The van der Waals surface area contributed by atoms with Crippen molar-refractivity contribution in [2.24, 2.45) is 0 Å². The molecule has 1 aromatic rings. The van der Waals surface area contributed by atoms with E-state index in [2.05, 4.69) is 10.1 Å². The Labute approximate surface area is 114 Å². The molecule has 1 aromatic heterocycles. The summed E-state index contributed by atoms with van der Waals surface area (Å²) in [7, 11) is 0. The molecule has 1 heterocycles. The van der Waals surface area contributed by atoms with Crippen LogP contribution in [0.15, 0.2) is 16.7 Å². The second-order valence-electron chi connectivity index (χ2n) is 4.82. The largest absolute Gasteiger partial charge is 0.469 e. The Morgan fingerprint density at radius 1 is 1.60 bits per heavy atom. The van der Waals surface area contributed by atoms with Crippen LogP contribution in [0, 0.1) is 0 Å². The molecule has 2 atom stereocenters. The van der Waals surface area contributed by atoms with Gasteiger partial charge in [-0.3, -0.25) is 4.79 Å². The van der Waals surface area contributed by atoms with E-state index in [1.165, 1.54) is 6.92 Å². The van der Waals surface area contributed by atoms with Crippen molar-refractivity contribution >= 4 is 5.91 Å². The maximum absolute atomic E-state index is 12.0. The Balaban J connectivity index is 1.89. The summed E-state index contributed by atoms with van der Waals surface area (Å²) in [6.07, 6.45) is -1.60. The summed E-state index contributed by atoms with van der Waals surface area (Å²) in [5, 5.41) is 2.71. The monoisotopic (exact) mass is 291 g/mol. The van der Waals surface area contributed by atoms with Crippen LogP contribution in [0.3, 0.4) is 0 Å². The van der Waals surface area contributed by atoms with Gasteiger partial charge in [0.25, 0.3) is 0 Å². The zero-order valence-electron chi connectivity index (χ0n) is 11.0. The molecule has 1 aliphatic carbocycles. The molecule has 0 saturated heterocycles. The molecule has 4 nitrogen and oxygen atoms in total.